The maximum atomic E-state index is 11.4. The van der Waals surface area contributed by atoms with E-state index in [2.05, 4.69) is 0 Å². The van der Waals surface area contributed by atoms with Crippen LogP contribution in [0.1, 0.15) is 31.4 Å². The van der Waals surface area contributed by atoms with E-state index < -0.39 is 21.2 Å². The van der Waals surface area contributed by atoms with Crippen molar-refractivity contribution in [1.82, 2.24) is 0 Å². The Morgan fingerprint density at radius 2 is 2.06 bits per heavy atom. The van der Waals surface area contributed by atoms with Gasteiger partial charge in [0, 0.05) is 6.26 Å². The van der Waals surface area contributed by atoms with Crippen molar-refractivity contribution in [1.29, 1.82) is 0 Å². The molecule has 1 N–H and O–H groups in total. The van der Waals surface area contributed by atoms with Gasteiger partial charge in [0.05, 0.1) is 17.5 Å². The standard InChI is InChI=1S/C13H18O4S/c1-9(18(2,15)16)13(14)10-4-3-5-12(8-10)17-11-6-7-11/h3-5,8-9,11,13-14H,6-7H2,1-2H3. The fourth-order valence-corrected chi connectivity index (χ4v) is 2.28. The third-order valence-corrected chi connectivity index (χ3v) is 4.76. The molecule has 18 heavy (non-hydrogen) atoms. The van der Waals surface area contributed by atoms with Crippen LogP contribution in [0, 0.1) is 0 Å². The predicted molar refractivity (Wildman–Crippen MR) is 69.4 cm³/mol. The number of benzene rings is 1. The average Bonchev–Trinajstić information content (AvgIpc) is 3.10. The van der Waals surface area contributed by atoms with Crippen molar-refractivity contribution in [3.63, 3.8) is 0 Å². The summed E-state index contributed by atoms with van der Waals surface area (Å²) in [6.07, 6.45) is 2.51. The zero-order valence-electron chi connectivity index (χ0n) is 10.5. The molecule has 1 aromatic carbocycles. The van der Waals surface area contributed by atoms with Crippen molar-refractivity contribution < 1.29 is 18.3 Å². The average molecular weight is 270 g/mol. The minimum absolute atomic E-state index is 0.282. The molecule has 2 unspecified atom stereocenters. The Balaban J connectivity index is 2.16. The van der Waals surface area contributed by atoms with Gasteiger partial charge in [-0.3, -0.25) is 0 Å². The first kappa shape index (κ1) is 13.4. The number of aliphatic hydroxyl groups excluding tert-OH is 1. The molecule has 0 spiro atoms. The molecule has 5 heteroatoms. The molecule has 0 aromatic heterocycles. The summed E-state index contributed by atoms with van der Waals surface area (Å²) < 4.78 is 28.5. The topological polar surface area (TPSA) is 63.6 Å². The molecule has 2 atom stereocenters. The Hall–Kier alpha value is -1.07. The van der Waals surface area contributed by atoms with Gasteiger partial charge in [0.15, 0.2) is 9.84 Å². The van der Waals surface area contributed by atoms with Crippen LogP contribution in [0.3, 0.4) is 0 Å². The Bertz CT molecular complexity index is 520. The summed E-state index contributed by atoms with van der Waals surface area (Å²) in [4.78, 5) is 0. The highest BCUT2D eigenvalue weighted by Crippen LogP contribution is 2.29. The first-order valence-corrected chi connectivity index (χ1v) is 7.97. The van der Waals surface area contributed by atoms with Crippen molar-refractivity contribution >= 4 is 9.84 Å². The number of hydrogen-bond acceptors (Lipinski definition) is 4. The molecule has 1 aromatic rings. The second kappa shape index (κ2) is 4.90. The van der Waals surface area contributed by atoms with Crippen LogP contribution in [0.2, 0.25) is 0 Å². The van der Waals surface area contributed by atoms with Gasteiger partial charge >= 0.3 is 0 Å². The third-order valence-electron chi connectivity index (χ3n) is 3.15. The Labute approximate surface area is 108 Å². The molecule has 4 nitrogen and oxygen atoms in total. The van der Waals surface area contributed by atoms with Gasteiger partial charge in [0.25, 0.3) is 0 Å². The minimum Gasteiger partial charge on any atom is -0.490 e. The molecule has 0 radical (unpaired) electrons. The van der Waals surface area contributed by atoms with Crippen LogP contribution in [0.5, 0.6) is 5.75 Å². The van der Waals surface area contributed by atoms with E-state index in [0.29, 0.717) is 11.3 Å². The molecule has 2 rings (SSSR count). The van der Waals surface area contributed by atoms with E-state index in [9.17, 15) is 13.5 Å². The van der Waals surface area contributed by atoms with Gasteiger partial charge in [-0.15, -0.1) is 0 Å². The quantitative estimate of drug-likeness (QED) is 0.884. The zero-order valence-corrected chi connectivity index (χ0v) is 11.4. The van der Waals surface area contributed by atoms with Gasteiger partial charge in [0.2, 0.25) is 0 Å². The van der Waals surface area contributed by atoms with Crippen LogP contribution in [-0.2, 0) is 9.84 Å². The molecule has 1 aliphatic rings. The van der Waals surface area contributed by atoms with Crippen LogP contribution in [-0.4, -0.2) is 31.1 Å². The van der Waals surface area contributed by atoms with Gasteiger partial charge < -0.3 is 9.84 Å². The molecule has 0 amide bonds. The van der Waals surface area contributed by atoms with Crippen LogP contribution in [0.4, 0.5) is 0 Å². The van der Waals surface area contributed by atoms with E-state index in [1.165, 1.54) is 6.92 Å². The van der Waals surface area contributed by atoms with E-state index in [0.717, 1.165) is 19.1 Å². The largest absolute Gasteiger partial charge is 0.490 e. The molecular weight excluding hydrogens is 252 g/mol. The minimum atomic E-state index is -3.26. The van der Waals surface area contributed by atoms with E-state index in [-0.39, 0.29) is 6.10 Å². The maximum absolute atomic E-state index is 11.4. The molecule has 100 valence electrons. The van der Waals surface area contributed by atoms with Crippen LogP contribution in [0.15, 0.2) is 24.3 Å². The van der Waals surface area contributed by atoms with Gasteiger partial charge in [0.1, 0.15) is 5.75 Å². The van der Waals surface area contributed by atoms with Gasteiger partial charge in [-0.05, 0) is 37.5 Å². The molecule has 0 bridgehead atoms. The highest BCUT2D eigenvalue weighted by Gasteiger charge is 2.27. The van der Waals surface area contributed by atoms with E-state index in [4.69, 9.17) is 4.74 Å². The lowest BCUT2D eigenvalue weighted by Gasteiger charge is -2.18. The fraction of sp³-hybridized carbons (Fsp3) is 0.538. The number of ether oxygens (including phenoxy) is 1. The molecule has 1 aliphatic carbocycles. The maximum Gasteiger partial charge on any atom is 0.152 e. The van der Waals surface area contributed by atoms with Gasteiger partial charge in [-0.25, -0.2) is 8.42 Å². The lowest BCUT2D eigenvalue weighted by Crippen LogP contribution is -2.24. The third kappa shape index (κ3) is 3.23. The SMILES string of the molecule is CC(C(O)c1cccc(OC2CC2)c1)S(C)(=O)=O. The Kier molecular flexibility index (Phi) is 3.64. The summed E-state index contributed by atoms with van der Waals surface area (Å²) >= 11 is 0. The highest BCUT2D eigenvalue weighted by atomic mass is 32.2. The summed E-state index contributed by atoms with van der Waals surface area (Å²) in [7, 11) is -3.26. The molecule has 1 fully saturated rings. The van der Waals surface area contributed by atoms with Crippen molar-refractivity contribution in [3.05, 3.63) is 29.8 Å². The second-order valence-corrected chi connectivity index (χ2v) is 7.27. The fourth-order valence-electron chi connectivity index (χ4n) is 1.66. The number of sulfone groups is 1. The monoisotopic (exact) mass is 270 g/mol. The highest BCUT2D eigenvalue weighted by molar-refractivity contribution is 7.91. The normalized spacial score (nSPS) is 19.3. The smallest absolute Gasteiger partial charge is 0.152 e. The van der Waals surface area contributed by atoms with Gasteiger partial charge in [-0.1, -0.05) is 12.1 Å². The molecule has 0 heterocycles. The van der Waals surface area contributed by atoms with Gasteiger partial charge in [-0.2, -0.15) is 0 Å². The van der Waals surface area contributed by atoms with E-state index >= 15 is 0 Å². The van der Waals surface area contributed by atoms with Crippen LogP contribution < -0.4 is 4.74 Å². The summed E-state index contributed by atoms with van der Waals surface area (Å²) in [5.74, 6) is 0.690. The predicted octanol–water partition coefficient (Wildman–Crippen LogP) is 1.69. The second-order valence-electron chi connectivity index (χ2n) is 4.87. The molecule has 0 aliphatic heterocycles. The Morgan fingerprint density at radius 1 is 1.39 bits per heavy atom. The summed E-state index contributed by atoms with van der Waals surface area (Å²) in [5.41, 5.74) is 0.575. The Morgan fingerprint density at radius 3 is 2.61 bits per heavy atom. The van der Waals surface area contributed by atoms with Crippen LogP contribution >= 0.6 is 0 Å². The summed E-state index contributed by atoms with van der Waals surface area (Å²) in [6, 6.07) is 7.02. The van der Waals surface area contributed by atoms with E-state index in [1.807, 2.05) is 6.07 Å². The van der Waals surface area contributed by atoms with E-state index in [1.54, 1.807) is 18.2 Å². The first-order valence-electron chi connectivity index (χ1n) is 6.01. The molecular formula is C13H18O4S. The van der Waals surface area contributed by atoms with Crippen molar-refractivity contribution in [2.75, 3.05) is 6.26 Å². The zero-order chi connectivity index (χ0) is 13.3. The number of rotatable bonds is 5. The lowest BCUT2D eigenvalue weighted by molar-refractivity contribution is 0.175. The van der Waals surface area contributed by atoms with Crippen molar-refractivity contribution in [3.8, 4) is 5.75 Å². The summed E-state index contributed by atoms with van der Waals surface area (Å²) in [6.45, 7) is 1.51. The summed E-state index contributed by atoms with van der Waals surface area (Å²) in [5, 5.41) is 9.24. The number of aliphatic hydroxyl groups is 1. The lowest BCUT2D eigenvalue weighted by atomic mass is 10.1. The first-order chi connectivity index (χ1) is 8.38. The van der Waals surface area contributed by atoms with Crippen molar-refractivity contribution in [2.24, 2.45) is 0 Å². The van der Waals surface area contributed by atoms with Crippen LogP contribution in [0.25, 0.3) is 0 Å². The molecule has 1 saturated carbocycles. The number of hydrogen-bond donors (Lipinski definition) is 1. The van der Waals surface area contributed by atoms with Crippen molar-refractivity contribution in [2.45, 2.75) is 37.2 Å². The molecule has 0 saturated heterocycles.